The average Bonchev–Trinajstić information content (AvgIpc) is 2.73. The predicted octanol–water partition coefficient (Wildman–Crippen LogP) is 3.84. The maximum Gasteiger partial charge on any atom is 0.270 e. The molecule has 3 rings (SSSR count). The van der Waals surface area contributed by atoms with Crippen molar-refractivity contribution in [3.8, 4) is 11.5 Å². The van der Waals surface area contributed by atoms with Gasteiger partial charge in [-0.25, -0.2) is 4.39 Å². The van der Waals surface area contributed by atoms with Gasteiger partial charge in [-0.3, -0.25) is 19.8 Å². The van der Waals surface area contributed by atoms with E-state index in [2.05, 4.69) is 5.32 Å². The van der Waals surface area contributed by atoms with Gasteiger partial charge in [-0.15, -0.1) is 0 Å². The highest BCUT2D eigenvalue weighted by Crippen LogP contribution is 2.34. The smallest absolute Gasteiger partial charge is 0.270 e. The minimum absolute atomic E-state index is 0.0736. The number of benzene rings is 2. The van der Waals surface area contributed by atoms with Gasteiger partial charge in [-0.05, 0) is 62.0 Å². The fourth-order valence-corrected chi connectivity index (χ4v) is 3.14. The van der Waals surface area contributed by atoms with Gasteiger partial charge in [-0.1, -0.05) is 19.1 Å². The first kappa shape index (κ1) is 21.4. The summed E-state index contributed by atoms with van der Waals surface area (Å²) in [6, 6.07) is 10.5. The number of carbonyl (C=O) groups is 2. The van der Waals surface area contributed by atoms with Gasteiger partial charge in [0.25, 0.3) is 11.8 Å². The summed E-state index contributed by atoms with van der Waals surface area (Å²) in [5, 5.41) is 2.43. The molecule has 1 fully saturated rings. The number of carbonyl (C=O) groups excluding carboxylic acids is 2. The average molecular weight is 428 g/mol. The minimum Gasteiger partial charge on any atom is -0.493 e. The molecule has 1 saturated heterocycles. The van der Waals surface area contributed by atoms with Crippen LogP contribution in [0.3, 0.4) is 0 Å². The lowest BCUT2D eigenvalue weighted by atomic mass is 10.1. The Bertz CT molecular complexity index is 1020. The van der Waals surface area contributed by atoms with E-state index in [-0.39, 0.29) is 16.8 Å². The Labute approximate surface area is 179 Å². The molecule has 1 unspecified atom stereocenters. The molecule has 30 heavy (non-hydrogen) atoms. The summed E-state index contributed by atoms with van der Waals surface area (Å²) in [6.07, 6.45) is 2.11. The highest BCUT2D eigenvalue weighted by atomic mass is 32.1. The number of para-hydroxylation sites is 1. The van der Waals surface area contributed by atoms with E-state index in [4.69, 9.17) is 21.7 Å². The van der Waals surface area contributed by atoms with Crippen LogP contribution < -0.4 is 19.7 Å². The molecule has 1 heterocycles. The van der Waals surface area contributed by atoms with Crippen molar-refractivity contribution in [2.45, 2.75) is 26.4 Å². The molecule has 156 valence electrons. The van der Waals surface area contributed by atoms with Crippen LogP contribution in [0, 0.1) is 5.82 Å². The van der Waals surface area contributed by atoms with Crippen molar-refractivity contribution in [1.29, 1.82) is 0 Å². The Morgan fingerprint density at radius 1 is 1.20 bits per heavy atom. The SMILES string of the molecule is CCC(C)Oc1c(/C=C2\C(=O)NC(=S)N(c3ccc(F)cc3)C2=O)cccc1OC. The Morgan fingerprint density at radius 3 is 2.53 bits per heavy atom. The summed E-state index contributed by atoms with van der Waals surface area (Å²) in [6.45, 7) is 3.90. The molecule has 1 N–H and O–H groups in total. The molecule has 0 spiro atoms. The van der Waals surface area contributed by atoms with E-state index in [1.54, 1.807) is 18.2 Å². The molecule has 1 atom stereocenters. The van der Waals surface area contributed by atoms with Crippen molar-refractivity contribution < 1.29 is 23.5 Å². The van der Waals surface area contributed by atoms with Crippen LogP contribution >= 0.6 is 12.2 Å². The van der Waals surface area contributed by atoms with Crippen molar-refractivity contribution in [3.63, 3.8) is 0 Å². The topological polar surface area (TPSA) is 67.9 Å². The number of nitrogens with zero attached hydrogens (tertiary/aromatic N) is 1. The van der Waals surface area contributed by atoms with E-state index in [0.29, 0.717) is 22.7 Å². The quantitative estimate of drug-likeness (QED) is 0.430. The van der Waals surface area contributed by atoms with Gasteiger partial charge < -0.3 is 9.47 Å². The Morgan fingerprint density at radius 2 is 1.90 bits per heavy atom. The number of ether oxygens (including phenoxy) is 2. The van der Waals surface area contributed by atoms with Crippen LogP contribution in [0.25, 0.3) is 6.08 Å². The molecule has 1 aliphatic heterocycles. The van der Waals surface area contributed by atoms with Crippen LogP contribution in [0.5, 0.6) is 11.5 Å². The third kappa shape index (κ3) is 4.33. The normalized spacial score (nSPS) is 16.5. The third-order valence-corrected chi connectivity index (χ3v) is 4.89. The van der Waals surface area contributed by atoms with E-state index < -0.39 is 17.6 Å². The summed E-state index contributed by atoms with van der Waals surface area (Å²) < 4.78 is 24.6. The molecular formula is C22H21FN2O4S. The lowest BCUT2D eigenvalue weighted by Gasteiger charge is -2.29. The van der Waals surface area contributed by atoms with E-state index >= 15 is 0 Å². The number of methoxy groups -OCH3 is 1. The van der Waals surface area contributed by atoms with Crippen LogP contribution in [0.2, 0.25) is 0 Å². The number of hydrogen-bond donors (Lipinski definition) is 1. The maximum absolute atomic E-state index is 13.3. The number of thiocarbonyl (C=S) groups is 1. The summed E-state index contributed by atoms with van der Waals surface area (Å²) in [7, 11) is 1.52. The second kappa shape index (κ2) is 9.04. The Kier molecular flexibility index (Phi) is 6.47. The third-order valence-electron chi connectivity index (χ3n) is 4.61. The summed E-state index contributed by atoms with van der Waals surface area (Å²) in [5.74, 6) is -0.770. The number of nitrogens with one attached hydrogen (secondary N) is 1. The second-order valence-corrected chi connectivity index (χ2v) is 7.04. The lowest BCUT2D eigenvalue weighted by molar-refractivity contribution is -0.122. The van der Waals surface area contributed by atoms with Crippen molar-refractivity contribution in [2.24, 2.45) is 0 Å². The van der Waals surface area contributed by atoms with Crippen molar-refractivity contribution in [1.82, 2.24) is 5.32 Å². The highest BCUT2D eigenvalue weighted by Gasteiger charge is 2.34. The molecule has 0 aliphatic carbocycles. The molecule has 0 saturated carbocycles. The van der Waals surface area contributed by atoms with Gasteiger partial charge in [0.1, 0.15) is 11.4 Å². The van der Waals surface area contributed by atoms with Crippen molar-refractivity contribution in [3.05, 3.63) is 59.4 Å². The molecule has 0 aromatic heterocycles. The molecule has 1 aliphatic rings. The molecule has 8 heteroatoms. The first-order valence-corrected chi connectivity index (χ1v) is 9.77. The van der Waals surface area contributed by atoms with Gasteiger partial charge in [0, 0.05) is 5.56 Å². The van der Waals surface area contributed by atoms with Gasteiger partial charge in [-0.2, -0.15) is 0 Å². The van der Waals surface area contributed by atoms with Crippen molar-refractivity contribution >= 4 is 40.9 Å². The number of halogens is 1. The monoisotopic (exact) mass is 428 g/mol. The minimum atomic E-state index is -0.624. The largest absolute Gasteiger partial charge is 0.493 e. The van der Waals surface area contributed by atoms with Gasteiger partial charge in [0.05, 0.1) is 18.9 Å². The number of amides is 2. The summed E-state index contributed by atoms with van der Waals surface area (Å²) >= 11 is 5.16. The fourth-order valence-electron chi connectivity index (χ4n) is 2.86. The molecular weight excluding hydrogens is 407 g/mol. The van der Waals surface area contributed by atoms with E-state index in [9.17, 15) is 14.0 Å². The molecule has 2 amide bonds. The van der Waals surface area contributed by atoms with Crippen LogP contribution in [0.4, 0.5) is 10.1 Å². The highest BCUT2D eigenvalue weighted by molar-refractivity contribution is 7.80. The first-order chi connectivity index (χ1) is 14.3. The number of rotatable bonds is 6. The van der Waals surface area contributed by atoms with Gasteiger partial charge in [0.15, 0.2) is 16.6 Å². The molecule has 0 bridgehead atoms. The van der Waals surface area contributed by atoms with Crippen molar-refractivity contribution in [2.75, 3.05) is 12.0 Å². The van der Waals surface area contributed by atoms with E-state index in [0.717, 1.165) is 11.3 Å². The molecule has 2 aromatic carbocycles. The predicted molar refractivity (Wildman–Crippen MR) is 116 cm³/mol. The first-order valence-electron chi connectivity index (χ1n) is 9.36. The zero-order valence-corrected chi connectivity index (χ0v) is 17.6. The van der Waals surface area contributed by atoms with Crippen LogP contribution in [-0.2, 0) is 9.59 Å². The van der Waals surface area contributed by atoms with Crippen LogP contribution in [0.1, 0.15) is 25.8 Å². The Hall–Kier alpha value is -3.26. The zero-order valence-electron chi connectivity index (χ0n) is 16.8. The second-order valence-electron chi connectivity index (χ2n) is 6.65. The summed E-state index contributed by atoms with van der Waals surface area (Å²) in [4.78, 5) is 26.8. The molecule has 0 radical (unpaired) electrons. The van der Waals surface area contributed by atoms with Crippen LogP contribution in [-0.4, -0.2) is 30.1 Å². The van der Waals surface area contributed by atoms with E-state index in [1.165, 1.54) is 37.5 Å². The number of anilines is 1. The standard InChI is InChI=1S/C22H21FN2O4S/c1-4-13(2)29-19-14(6-5-7-18(19)28-3)12-17-20(26)24-22(30)25(21(17)27)16-10-8-15(23)9-11-16/h5-13H,4H2,1-3H3,(H,24,26,30)/b17-12+. The lowest BCUT2D eigenvalue weighted by Crippen LogP contribution is -2.54. The molecule has 2 aromatic rings. The number of hydrogen-bond acceptors (Lipinski definition) is 5. The van der Waals surface area contributed by atoms with Gasteiger partial charge in [0.2, 0.25) is 0 Å². The fraction of sp³-hybridized carbons (Fsp3) is 0.227. The van der Waals surface area contributed by atoms with Gasteiger partial charge >= 0.3 is 0 Å². The maximum atomic E-state index is 13.3. The molecule has 6 nitrogen and oxygen atoms in total. The summed E-state index contributed by atoms with van der Waals surface area (Å²) in [5.41, 5.74) is 0.731. The zero-order chi connectivity index (χ0) is 21.8. The van der Waals surface area contributed by atoms with E-state index in [1.807, 2.05) is 13.8 Å². The van der Waals surface area contributed by atoms with Crippen LogP contribution in [0.15, 0.2) is 48.0 Å². The Balaban J connectivity index is 2.05.